The van der Waals surface area contributed by atoms with Crippen molar-refractivity contribution in [3.05, 3.63) is 23.3 Å². The smallest absolute Gasteiger partial charge is 0.127 e. The summed E-state index contributed by atoms with van der Waals surface area (Å²) in [5.74, 6) is 3.74. The lowest BCUT2D eigenvalue weighted by atomic mass is 9.64. The van der Waals surface area contributed by atoms with Crippen molar-refractivity contribution >= 4 is 0 Å². The molecule has 41 heavy (non-hydrogen) atoms. The van der Waals surface area contributed by atoms with Crippen molar-refractivity contribution < 1.29 is 38.3 Å². The zero-order valence-corrected chi connectivity index (χ0v) is 26.1. The van der Waals surface area contributed by atoms with Gasteiger partial charge in [0.2, 0.25) is 0 Å². The van der Waals surface area contributed by atoms with Gasteiger partial charge in [-0.1, -0.05) is 33.1 Å². The summed E-state index contributed by atoms with van der Waals surface area (Å²) < 4.78 is 40.5. The van der Waals surface area contributed by atoms with Gasteiger partial charge in [0.1, 0.15) is 23.7 Å². The van der Waals surface area contributed by atoms with E-state index in [-0.39, 0.29) is 12.2 Å². The number of fused-ring (bicyclic) bond motifs is 3. The molecule has 8 nitrogen and oxygen atoms in total. The Kier molecular flexibility index (Phi) is 15.8. The maximum absolute atomic E-state index is 8.63. The maximum atomic E-state index is 8.63. The average molecular weight is 581 g/mol. The van der Waals surface area contributed by atoms with Crippen LogP contribution in [-0.4, -0.2) is 90.0 Å². The molecule has 1 N–H and O–H groups in total. The second-order valence-corrected chi connectivity index (χ2v) is 11.9. The fourth-order valence-electron chi connectivity index (χ4n) is 6.10. The van der Waals surface area contributed by atoms with Crippen LogP contribution in [0, 0.1) is 11.8 Å². The summed E-state index contributed by atoms with van der Waals surface area (Å²) in [5.41, 5.74) is 2.43. The van der Waals surface area contributed by atoms with Gasteiger partial charge in [-0.3, -0.25) is 0 Å². The van der Waals surface area contributed by atoms with Gasteiger partial charge in [0.25, 0.3) is 0 Å². The van der Waals surface area contributed by atoms with Crippen LogP contribution in [0.5, 0.6) is 11.5 Å². The molecule has 0 bridgehead atoms. The summed E-state index contributed by atoms with van der Waals surface area (Å²) in [5, 5.41) is 8.63. The molecule has 0 saturated heterocycles. The minimum absolute atomic E-state index is 0.0337. The lowest BCUT2D eigenvalue weighted by Crippen LogP contribution is -2.46. The molecule has 0 unspecified atom stereocenters. The molecule has 1 aromatic carbocycles. The molecule has 8 heteroatoms. The van der Waals surface area contributed by atoms with E-state index in [0.29, 0.717) is 84.5 Å². The van der Waals surface area contributed by atoms with E-state index in [1.54, 1.807) is 0 Å². The summed E-state index contributed by atoms with van der Waals surface area (Å²) >= 11 is 0. The average Bonchev–Trinajstić information content (AvgIpc) is 2.94. The van der Waals surface area contributed by atoms with Crippen LogP contribution in [0.25, 0.3) is 0 Å². The molecule has 1 fully saturated rings. The molecule has 3 rings (SSSR count). The van der Waals surface area contributed by atoms with Crippen molar-refractivity contribution in [3.63, 3.8) is 0 Å². The number of aliphatic hydroxyl groups excluding tert-OH is 1. The summed E-state index contributed by atoms with van der Waals surface area (Å²) in [6.07, 6.45) is 8.36. The van der Waals surface area contributed by atoms with Gasteiger partial charge in [-0.15, -0.1) is 0 Å². The molecular formula is C33H56O8. The first kappa shape index (κ1) is 34.1. The monoisotopic (exact) mass is 580 g/mol. The van der Waals surface area contributed by atoms with E-state index >= 15 is 0 Å². The Balaban J connectivity index is 1.38. The Morgan fingerprint density at radius 2 is 1.39 bits per heavy atom. The highest BCUT2D eigenvalue weighted by atomic mass is 16.6. The third kappa shape index (κ3) is 11.6. The molecule has 236 valence electrons. The molecule has 1 aromatic rings. The maximum Gasteiger partial charge on any atom is 0.127 e. The number of aryl methyl sites for hydroxylation is 1. The molecule has 0 aromatic heterocycles. The van der Waals surface area contributed by atoms with Crippen LogP contribution in [-0.2, 0) is 30.1 Å². The third-order valence-electron chi connectivity index (χ3n) is 8.19. The Hall–Kier alpha value is -1.42. The molecule has 1 aliphatic heterocycles. The fourth-order valence-corrected chi connectivity index (χ4v) is 6.10. The predicted molar refractivity (Wildman–Crippen MR) is 160 cm³/mol. The highest BCUT2D eigenvalue weighted by Gasteiger charge is 2.47. The SMILES string of the molecule is CCCCCc1cc(OCCOCCOCCOCCOCCOCCO)c2c(c1)OC(C)(C)[C@@H]1CC[C@@H](C)C[C@@H]21. The normalized spacial score (nSPS) is 21.2. The van der Waals surface area contributed by atoms with E-state index in [9.17, 15) is 0 Å². The van der Waals surface area contributed by atoms with E-state index in [4.69, 9.17) is 38.3 Å². The highest BCUT2D eigenvalue weighted by Crippen LogP contribution is 2.55. The van der Waals surface area contributed by atoms with E-state index < -0.39 is 0 Å². The van der Waals surface area contributed by atoms with Crippen LogP contribution in [0.4, 0.5) is 0 Å². The zero-order valence-electron chi connectivity index (χ0n) is 26.1. The number of hydrogen-bond acceptors (Lipinski definition) is 8. The van der Waals surface area contributed by atoms with Gasteiger partial charge < -0.3 is 38.3 Å². The van der Waals surface area contributed by atoms with Gasteiger partial charge in [0.15, 0.2) is 0 Å². The second-order valence-electron chi connectivity index (χ2n) is 11.9. The van der Waals surface area contributed by atoms with E-state index in [1.165, 1.54) is 49.7 Å². The number of rotatable bonds is 22. The Labute approximate surface area is 248 Å². The molecule has 1 aliphatic carbocycles. The molecule has 1 heterocycles. The quantitative estimate of drug-likeness (QED) is 0.178. The van der Waals surface area contributed by atoms with Gasteiger partial charge in [-0.2, -0.15) is 0 Å². The molecular weight excluding hydrogens is 524 g/mol. The molecule has 1 saturated carbocycles. The van der Waals surface area contributed by atoms with E-state index in [1.807, 2.05) is 0 Å². The van der Waals surface area contributed by atoms with Crippen molar-refractivity contribution in [2.45, 2.75) is 84.2 Å². The summed E-state index contributed by atoms with van der Waals surface area (Å²) in [7, 11) is 0. The van der Waals surface area contributed by atoms with Crippen LogP contribution in [0.3, 0.4) is 0 Å². The topological polar surface area (TPSA) is 84.8 Å². The predicted octanol–water partition coefficient (Wildman–Crippen LogP) is 5.56. The first-order valence-electron chi connectivity index (χ1n) is 15.9. The van der Waals surface area contributed by atoms with Crippen LogP contribution >= 0.6 is 0 Å². The number of aliphatic hydroxyl groups is 1. The first-order chi connectivity index (χ1) is 20.0. The van der Waals surface area contributed by atoms with Crippen molar-refractivity contribution in [3.8, 4) is 11.5 Å². The Bertz CT molecular complexity index is 845. The van der Waals surface area contributed by atoms with Gasteiger partial charge in [-0.05, 0) is 69.1 Å². The van der Waals surface area contributed by atoms with Crippen molar-refractivity contribution in [2.24, 2.45) is 11.8 Å². The minimum atomic E-state index is -0.157. The number of ether oxygens (including phenoxy) is 7. The van der Waals surface area contributed by atoms with Gasteiger partial charge in [-0.25, -0.2) is 0 Å². The Morgan fingerprint density at radius 3 is 1.98 bits per heavy atom. The molecule has 0 amide bonds. The van der Waals surface area contributed by atoms with E-state index in [2.05, 4.69) is 39.8 Å². The van der Waals surface area contributed by atoms with Crippen molar-refractivity contribution in [1.29, 1.82) is 0 Å². The minimum Gasteiger partial charge on any atom is -0.491 e. The standard InChI is InChI=1S/C33H56O8/c1-5-6-7-8-27-24-30(32-28-23-26(2)9-10-29(28)33(3,4)41-31(32)25-27)40-22-21-39-20-19-38-18-17-37-16-15-36-14-13-35-12-11-34/h24-26,28-29,34H,5-23H2,1-4H3/t26-,28-,29-/m1/s1. The number of benzene rings is 1. The molecule has 2 aliphatic rings. The number of hydrogen-bond donors (Lipinski definition) is 1. The van der Waals surface area contributed by atoms with Crippen LogP contribution < -0.4 is 9.47 Å². The lowest BCUT2D eigenvalue weighted by Gasteiger charge is -2.49. The largest absolute Gasteiger partial charge is 0.491 e. The zero-order chi connectivity index (χ0) is 29.3. The summed E-state index contributed by atoms with van der Waals surface area (Å²) in [6, 6.07) is 4.56. The van der Waals surface area contributed by atoms with E-state index in [0.717, 1.165) is 23.8 Å². The van der Waals surface area contributed by atoms with Crippen LogP contribution in [0.2, 0.25) is 0 Å². The lowest BCUT2D eigenvalue weighted by molar-refractivity contribution is -0.0170. The first-order valence-corrected chi connectivity index (χ1v) is 15.9. The van der Waals surface area contributed by atoms with Gasteiger partial charge >= 0.3 is 0 Å². The van der Waals surface area contributed by atoms with Gasteiger partial charge in [0, 0.05) is 11.5 Å². The molecule has 0 spiro atoms. The fraction of sp³-hybridized carbons (Fsp3) is 0.818. The molecule has 3 atom stereocenters. The second kappa shape index (κ2) is 19.0. The highest BCUT2D eigenvalue weighted by molar-refractivity contribution is 5.52. The van der Waals surface area contributed by atoms with Crippen LogP contribution in [0.1, 0.15) is 83.3 Å². The molecule has 0 radical (unpaired) electrons. The van der Waals surface area contributed by atoms with Crippen molar-refractivity contribution in [1.82, 2.24) is 0 Å². The number of unbranched alkanes of at least 4 members (excludes halogenated alkanes) is 2. The third-order valence-corrected chi connectivity index (χ3v) is 8.19. The Morgan fingerprint density at radius 1 is 0.805 bits per heavy atom. The van der Waals surface area contributed by atoms with Gasteiger partial charge in [0.05, 0.1) is 72.7 Å². The summed E-state index contributed by atoms with van der Waals surface area (Å²) in [4.78, 5) is 0. The van der Waals surface area contributed by atoms with Crippen LogP contribution in [0.15, 0.2) is 12.1 Å². The van der Waals surface area contributed by atoms with Crippen molar-refractivity contribution in [2.75, 3.05) is 79.3 Å². The summed E-state index contributed by atoms with van der Waals surface area (Å²) in [6.45, 7) is 14.7.